The molecule has 0 saturated heterocycles. The number of carbonyl (C=O) groups is 2. The SMILES string of the molecule is C=C1c2ccccc2C(=O)N1C(C)C(=O)NCCc1ccc(OCC)c(OCC)c1. The lowest BCUT2D eigenvalue weighted by Crippen LogP contribution is -2.45. The van der Waals surface area contributed by atoms with Crippen LogP contribution in [0.25, 0.3) is 5.70 Å². The summed E-state index contributed by atoms with van der Waals surface area (Å²) in [6, 6.07) is 12.4. The molecule has 1 unspecified atom stereocenters. The van der Waals surface area contributed by atoms with E-state index in [0.29, 0.717) is 48.9 Å². The Morgan fingerprint density at radius 2 is 1.73 bits per heavy atom. The maximum Gasteiger partial charge on any atom is 0.259 e. The molecule has 1 atom stereocenters. The van der Waals surface area contributed by atoms with Crippen molar-refractivity contribution < 1.29 is 19.1 Å². The predicted molar refractivity (Wildman–Crippen MR) is 117 cm³/mol. The molecule has 6 heteroatoms. The molecule has 0 radical (unpaired) electrons. The average molecular weight is 408 g/mol. The summed E-state index contributed by atoms with van der Waals surface area (Å²) in [5.74, 6) is 1.01. The van der Waals surface area contributed by atoms with Gasteiger partial charge in [-0.2, -0.15) is 0 Å². The Hall–Kier alpha value is -3.28. The van der Waals surface area contributed by atoms with Gasteiger partial charge in [-0.15, -0.1) is 0 Å². The smallest absolute Gasteiger partial charge is 0.259 e. The molecule has 0 bridgehead atoms. The van der Waals surface area contributed by atoms with Crippen LogP contribution >= 0.6 is 0 Å². The summed E-state index contributed by atoms with van der Waals surface area (Å²) < 4.78 is 11.2. The Balaban J connectivity index is 1.59. The summed E-state index contributed by atoms with van der Waals surface area (Å²) in [6.45, 7) is 11.1. The fourth-order valence-electron chi connectivity index (χ4n) is 3.56. The highest BCUT2D eigenvalue weighted by Gasteiger charge is 2.36. The highest BCUT2D eigenvalue weighted by atomic mass is 16.5. The number of nitrogens with zero attached hydrogens (tertiary/aromatic N) is 1. The minimum atomic E-state index is -0.642. The van der Waals surface area contributed by atoms with Crippen molar-refractivity contribution in [3.8, 4) is 11.5 Å². The van der Waals surface area contributed by atoms with Crippen molar-refractivity contribution in [2.45, 2.75) is 33.2 Å². The summed E-state index contributed by atoms with van der Waals surface area (Å²) in [5.41, 5.74) is 2.95. The van der Waals surface area contributed by atoms with Crippen molar-refractivity contribution in [1.29, 1.82) is 0 Å². The Labute approximate surface area is 177 Å². The molecule has 1 aliphatic rings. The number of ether oxygens (including phenoxy) is 2. The molecular weight excluding hydrogens is 380 g/mol. The quantitative estimate of drug-likeness (QED) is 0.688. The minimum absolute atomic E-state index is 0.189. The Bertz CT molecular complexity index is 919. The zero-order valence-corrected chi connectivity index (χ0v) is 17.7. The first-order chi connectivity index (χ1) is 14.5. The maximum absolute atomic E-state index is 12.7. The first-order valence-corrected chi connectivity index (χ1v) is 10.3. The van der Waals surface area contributed by atoms with E-state index < -0.39 is 6.04 Å². The zero-order chi connectivity index (χ0) is 21.7. The lowest BCUT2D eigenvalue weighted by Gasteiger charge is -2.24. The molecule has 0 spiro atoms. The normalized spacial score (nSPS) is 13.8. The molecule has 158 valence electrons. The minimum Gasteiger partial charge on any atom is -0.490 e. The van der Waals surface area contributed by atoms with Crippen LogP contribution in [-0.2, 0) is 11.2 Å². The van der Waals surface area contributed by atoms with Crippen LogP contribution in [0.4, 0.5) is 0 Å². The monoisotopic (exact) mass is 408 g/mol. The van der Waals surface area contributed by atoms with E-state index in [1.54, 1.807) is 13.0 Å². The van der Waals surface area contributed by atoms with Gasteiger partial charge in [0, 0.05) is 23.4 Å². The number of benzene rings is 2. The van der Waals surface area contributed by atoms with Crippen LogP contribution in [0, 0.1) is 0 Å². The number of carbonyl (C=O) groups excluding carboxylic acids is 2. The van der Waals surface area contributed by atoms with Crippen molar-refractivity contribution >= 4 is 17.5 Å². The molecule has 0 fully saturated rings. The van der Waals surface area contributed by atoms with Crippen LogP contribution < -0.4 is 14.8 Å². The first-order valence-electron chi connectivity index (χ1n) is 10.3. The fraction of sp³-hybridized carbons (Fsp3) is 0.333. The molecular formula is C24H28N2O4. The molecule has 2 amide bonds. The van der Waals surface area contributed by atoms with E-state index in [9.17, 15) is 9.59 Å². The predicted octanol–water partition coefficient (Wildman–Crippen LogP) is 3.66. The van der Waals surface area contributed by atoms with Crippen molar-refractivity contribution in [2.75, 3.05) is 19.8 Å². The maximum atomic E-state index is 12.7. The fourth-order valence-corrected chi connectivity index (χ4v) is 3.56. The number of fused-ring (bicyclic) bond motifs is 1. The third-order valence-electron chi connectivity index (χ3n) is 5.07. The molecule has 1 heterocycles. The van der Waals surface area contributed by atoms with Gasteiger partial charge >= 0.3 is 0 Å². The second-order valence-electron chi connectivity index (χ2n) is 7.03. The van der Waals surface area contributed by atoms with Gasteiger partial charge in [-0.3, -0.25) is 14.5 Å². The summed E-state index contributed by atoms with van der Waals surface area (Å²) in [4.78, 5) is 26.8. The van der Waals surface area contributed by atoms with E-state index >= 15 is 0 Å². The average Bonchev–Trinajstić information content (AvgIpc) is 3.00. The van der Waals surface area contributed by atoms with Crippen molar-refractivity contribution in [2.24, 2.45) is 0 Å². The van der Waals surface area contributed by atoms with Crippen LogP contribution in [-0.4, -0.2) is 42.5 Å². The molecule has 3 rings (SSSR count). The lowest BCUT2D eigenvalue weighted by atomic mass is 10.1. The highest BCUT2D eigenvalue weighted by molar-refractivity contribution is 6.10. The van der Waals surface area contributed by atoms with Crippen molar-refractivity contribution in [3.05, 3.63) is 65.7 Å². The third kappa shape index (κ3) is 4.32. The van der Waals surface area contributed by atoms with Crippen LogP contribution in [0.1, 0.15) is 42.3 Å². The standard InChI is InChI=1S/C24H28N2O4/c1-5-29-21-12-11-18(15-22(21)30-6-2)13-14-25-23(27)17(4)26-16(3)19-9-7-8-10-20(19)24(26)28/h7-12,15,17H,3,5-6,13-14H2,1-2,4H3,(H,25,27). The van der Waals surface area contributed by atoms with E-state index in [1.807, 2.05) is 50.2 Å². The van der Waals surface area contributed by atoms with Crippen LogP contribution in [0.5, 0.6) is 11.5 Å². The highest BCUT2D eigenvalue weighted by Crippen LogP contribution is 2.33. The lowest BCUT2D eigenvalue weighted by molar-refractivity contribution is -0.124. The third-order valence-corrected chi connectivity index (χ3v) is 5.07. The topological polar surface area (TPSA) is 67.9 Å². The first kappa shape index (κ1) is 21.4. The van der Waals surface area contributed by atoms with Gasteiger partial charge in [0.2, 0.25) is 5.91 Å². The number of hydrogen-bond acceptors (Lipinski definition) is 4. The number of nitrogens with one attached hydrogen (secondary N) is 1. The van der Waals surface area contributed by atoms with Crippen molar-refractivity contribution in [1.82, 2.24) is 10.2 Å². The molecule has 2 aromatic carbocycles. The largest absolute Gasteiger partial charge is 0.490 e. The number of rotatable bonds is 9. The van der Waals surface area contributed by atoms with Gasteiger partial charge in [0.25, 0.3) is 5.91 Å². The zero-order valence-electron chi connectivity index (χ0n) is 17.7. The molecule has 1 N–H and O–H groups in total. The molecule has 6 nitrogen and oxygen atoms in total. The molecule has 30 heavy (non-hydrogen) atoms. The number of hydrogen-bond donors (Lipinski definition) is 1. The summed E-state index contributed by atoms with van der Waals surface area (Å²) in [5, 5.41) is 2.92. The summed E-state index contributed by atoms with van der Waals surface area (Å²) in [7, 11) is 0. The van der Waals surface area contributed by atoms with Gasteiger partial charge in [0.1, 0.15) is 6.04 Å². The Morgan fingerprint density at radius 1 is 1.07 bits per heavy atom. The van der Waals surface area contributed by atoms with Gasteiger partial charge in [0.05, 0.1) is 13.2 Å². The summed E-state index contributed by atoms with van der Waals surface area (Å²) in [6.07, 6.45) is 0.639. The molecule has 1 aliphatic heterocycles. The van der Waals surface area contributed by atoms with E-state index in [1.165, 1.54) is 4.90 Å². The summed E-state index contributed by atoms with van der Waals surface area (Å²) >= 11 is 0. The second-order valence-corrected chi connectivity index (χ2v) is 7.03. The van der Waals surface area contributed by atoms with E-state index in [0.717, 1.165) is 11.1 Å². The van der Waals surface area contributed by atoms with E-state index in [-0.39, 0.29) is 11.8 Å². The van der Waals surface area contributed by atoms with E-state index in [2.05, 4.69) is 11.9 Å². The van der Waals surface area contributed by atoms with Gasteiger partial charge in [0.15, 0.2) is 11.5 Å². The van der Waals surface area contributed by atoms with Crippen molar-refractivity contribution in [3.63, 3.8) is 0 Å². The van der Waals surface area contributed by atoms with Gasteiger partial charge < -0.3 is 14.8 Å². The van der Waals surface area contributed by atoms with Gasteiger partial charge in [-0.05, 0) is 51.0 Å². The van der Waals surface area contributed by atoms with Crippen LogP contribution in [0.15, 0.2) is 49.0 Å². The van der Waals surface area contributed by atoms with Crippen LogP contribution in [0.2, 0.25) is 0 Å². The molecule has 0 saturated carbocycles. The molecule has 0 aliphatic carbocycles. The Kier molecular flexibility index (Phi) is 6.77. The molecule has 2 aromatic rings. The van der Waals surface area contributed by atoms with Gasteiger partial charge in [-0.25, -0.2) is 0 Å². The van der Waals surface area contributed by atoms with E-state index in [4.69, 9.17) is 9.47 Å². The van der Waals surface area contributed by atoms with Crippen LogP contribution in [0.3, 0.4) is 0 Å². The number of amides is 2. The second kappa shape index (κ2) is 9.48. The van der Waals surface area contributed by atoms with Gasteiger partial charge in [-0.1, -0.05) is 30.8 Å². The molecule has 0 aromatic heterocycles. The Morgan fingerprint density at radius 3 is 2.40 bits per heavy atom.